The molecule has 25 heavy (non-hydrogen) atoms. The van der Waals surface area contributed by atoms with Crippen LogP contribution in [0.4, 0.5) is 0 Å². The summed E-state index contributed by atoms with van der Waals surface area (Å²) in [6.45, 7) is 4.77. The van der Waals surface area contributed by atoms with Gasteiger partial charge in [-0.1, -0.05) is 38.1 Å². The molecule has 1 aromatic carbocycles. The van der Waals surface area contributed by atoms with Crippen molar-refractivity contribution in [1.82, 2.24) is 15.2 Å². The molecular formula is C19H20N4O2. The molecule has 0 atom stereocenters. The molecule has 0 fully saturated rings. The molecule has 3 aromatic rings. The largest absolute Gasteiger partial charge is 0.454 e. The van der Waals surface area contributed by atoms with Crippen LogP contribution in [0.2, 0.25) is 0 Å². The number of nitrogens with zero attached hydrogens (tertiary/aromatic N) is 3. The maximum atomic E-state index is 12.1. The van der Waals surface area contributed by atoms with Crippen LogP contribution in [0.3, 0.4) is 0 Å². The number of aromatic nitrogens is 2. The maximum absolute atomic E-state index is 12.1. The van der Waals surface area contributed by atoms with Crippen molar-refractivity contribution in [3.8, 4) is 0 Å². The minimum atomic E-state index is -0.387. The first-order valence-electron chi connectivity index (χ1n) is 8.11. The molecule has 0 saturated heterocycles. The van der Waals surface area contributed by atoms with Gasteiger partial charge in [-0.25, -0.2) is 5.43 Å². The highest BCUT2D eigenvalue weighted by molar-refractivity contribution is 5.92. The lowest BCUT2D eigenvalue weighted by Crippen LogP contribution is -2.16. The van der Waals surface area contributed by atoms with E-state index in [2.05, 4.69) is 41.6 Å². The number of furan rings is 1. The summed E-state index contributed by atoms with van der Waals surface area (Å²) in [5.41, 5.74) is 4.66. The fourth-order valence-corrected chi connectivity index (χ4v) is 2.33. The molecule has 0 bridgehead atoms. The minimum Gasteiger partial charge on any atom is -0.454 e. The Balaban J connectivity index is 1.56. The molecule has 2 aromatic heterocycles. The lowest BCUT2D eigenvalue weighted by molar-refractivity contribution is 0.0925. The van der Waals surface area contributed by atoms with E-state index >= 15 is 0 Å². The number of amides is 1. The molecular weight excluding hydrogens is 316 g/mol. The van der Waals surface area contributed by atoms with Gasteiger partial charge in [-0.05, 0) is 35.2 Å². The quantitative estimate of drug-likeness (QED) is 0.554. The van der Waals surface area contributed by atoms with Crippen LogP contribution in [0.1, 0.15) is 47.2 Å². The van der Waals surface area contributed by atoms with Gasteiger partial charge in [0.2, 0.25) is 0 Å². The van der Waals surface area contributed by atoms with E-state index in [0.717, 1.165) is 5.56 Å². The molecule has 1 N–H and O–H groups in total. The first-order valence-corrected chi connectivity index (χ1v) is 8.11. The Morgan fingerprint density at radius 1 is 1.28 bits per heavy atom. The van der Waals surface area contributed by atoms with Gasteiger partial charge in [0, 0.05) is 12.4 Å². The van der Waals surface area contributed by atoms with E-state index in [1.54, 1.807) is 29.2 Å². The number of hydrogen-bond acceptors (Lipinski definition) is 4. The van der Waals surface area contributed by atoms with Gasteiger partial charge < -0.3 is 4.42 Å². The molecule has 0 saturated carbocycles. The van der Waals surface area contributed by atoms with Crippen molar-refractivity contribution >= 4 is 12.1 Å². The van der Waals surface area contributed by atoms with Crippen molar-refractivity contribution in [2.45, 2.75) is 26.3 Å². The molecule has 0 aliphatic rings. The molecule has 3 rings (SSSR count). The predicted molar refractivity (Wildman–Crippen MR) is 95.6 cm³/mol. The van der Waals surface area contributed by atoms with Gasteiger partial charge in [0.1, 0.15) is 5.76 Å². The first-order chi connectivity index (χ1) is 12.1. The Labute approximate surface area is 146 Å². The van der Waals surface area contributed by atoms with Crippen molar-refractivity contribution in [2.24, 2.45) is 5.10 Å². The monoisotopic (exact) mass is 336 g/mol. The summed E-state index contributed by atoms with van der Waals surface area (Å²) < 4.78 is 7.24. The van der Waals surface area contributed by atoms with E-state index in [1.807, 2.05) is 24.4 Å². The summed E-state index contributed by atoms with van der Waals surface area (Å²) in [5.74, 6) is 0.971. The smallest absolute Gasteiger partial charge is 0.307 e. The standard InChI is InChI=1S/C19H20N4O2/c1-14(2)16-6-4-15(5-7-16)12-20-22-19(24)18-9-8-17(25-18)13-23-11-3-10-21-23/h3-12,14H,13H2,1-2H3,(H,22,24). The Kier molecular flexibility index (Phi) is 5.09. The van der Waals surface area contributed by atoms with Gasteiger partial charge >= 0.3 is 5.91 Å². The van der Waals surface area contributed by atoms with Crippen LogP contribution in [0.5, 0.6) is 0 Å². The second kappa shape index (κ2) is 7.61. The fraction of sp³-hybridized carbons (Fsp3) is 0.211. The maximum Gasteiger partial charge on any atom is 0.307 e. The predicted octanol–water partition coefficient (Wildman–Crippen LogP) is 3.41. The van der Waals surface area contributed by atoms with Crippen molar-refractivity contribution < 1.29 is 9.21 Å². The molecule has 6 nitrogen and oxygen atoms in total. The lowest BCUT2D eigenvalue weighted by Gasteiger charge is -2.04. The van der Waals surface area contributed by atoms with Crippen LogP contribution in [0.25, 0.3) is 0 Å². The van der Waals surface area contributed by atoms with Gasteiger partial charge in [-0.15, -0.1) is 0 Å². The average molecular weight is 336 g/mol. The number of hydrogen-bond donors (Lipinski definition) is 1. The summed E-state index contributed by atoms with van der Waals surface area (Å²) in [6, 6.07) is 13.3. The molecule has 0 spiro atoms. The van der Waals surface area contributed by atoms with Crippen LogP contribution in [-0.2, 0) is 6.54 Å². The normalized spacial score (nSPS) is 11.3. The second-order valence-electron chi connectivity index (χ2n) is 5.99. The van der Waals surface area contributed by atoms with Crippen LogP contribution in [0, 0.1) is 0 Å². The average Bonchev–Trinajstić information content (AvgIpc) is 3.28. The van der Waals surface area contributed by atoms with E-state index in [-0.39, 0.29) is 11.7 Å². The molecule has 0 aliphatic carbocycles. The Bertz CT molecular complexity index is 846. The SMILES string of the molecule is CC(C)c1ccc(C=NNC(=O)c2ccc(Cn3cccn3)o2)cc1. The van der Waals surface area contributed by atoms with Crippen molar-refractivity contribution in [3.05, 3.63) is 77.5 Å². The second-order valence-corrected chi connectivity index (χ2v) is 5.99. The third kappa shape index (κ3) is 4.44. The summed E-state index contributed by atoms with van der Waals surface area (Å²) >= 11 is 0. The van der Waals surface area contributed by atoms with Crippen LogP contribution in [0.15, 0.2) is 64.4 Å². The Morgan fingerprint density at radius 2 is 2.08 bits per heavy atom. The molecule has 128 valence electrons. The Hall–Kier alpha value is -3.15. The Morgan fingerprint density at radius 3 is 2.76 bits per heavy atom. The van der Waals surface area contributed by atoms with Crippen LogP contribution >= 0.6 is 0 Å². The number of benzene rings is 1. The van der Waals surface area contributed by atoms with Gasteiger partial charge in [-0.3, -0.25) is 9.48 Å². The zero-order valence-corrected chi connectivity index (χ0v) is 14.2. The highest BCUT2D eigenvalue weighted by Gasteiger charge is 2.10. The van der Waals surface area contributed by atoms with Crippen LogP contribution in [-0.4, -0.2) is 21.9 Å². The number of carbonyl (C=O) groups excluding carboxylic acids is 1. The number of hydrazone groups is 1. The van der Waals surface area contributed by atoms with Crippen molar-refractivity contribution in [1.29, 1.82) is 0 Å². The molecule has 6 heteroatoms. The number of nitrogens with one attached hydrogen (secondary N) is 1. The molecule has 1 amide bonds. The third-order valence-corrected chi connectivity index (χ3v) is 3.75. The lowest BCUT2D eigenvalue weighted by atomic mass is 10.0. The highest BCUT2D eigenvalue weighted by atomic mass is 16.4. The summed E-state index contributed by atoms with van der Waals surface area (Å²) in [4.78, 5) is 12.1. The van der Waals surface area contributed by atoms with E-state index < -0.39 is 0 Å². The molecule has 0 aliphatic heterocycles. The molecule has 0 radical (unpaired) electrons. The van der Waals surface area contributed by atoms with Crippen LogP contribution < -0.4 is 5.43 Å². The van der Waals surface area contributed by atoms with Gasteiger partial charge in [0.25, 0.3) is 0 Å². The number of rotatable bonds is 6. The highest BCUT2D eigenvalue weighted by Crippen LogP contribution is 2.14. The summed E-state index contributed by atoms with van der Waals surface area (Å²) in [5, 5.41) is 8.07. The minimum absolute atomic E-state index is 0.217. The van der Waals surface area contributed by atoms with Crippen molar-refractivity contribution in [3.63, 3.8) is 0 Å². The fourth-order valence-electron chi connectivity index (χ4n) is 2.33. The zero-order chi connectivity index (χ0) is 17.6. The molecule has 0 unspecified atom stereocenters. The van der Waals surface area contributed by atoms with Gasteiger partial charge in [0.05, 0.1) is 12.8 Å². The first kappa shape index (κ1) is 16.7. The van der Waals surface area contributed by atoms with Crippen molar-refractivity contribution in [2.75, 3.05) is 0 Å². The molecule has 2 heterocycles. The van der Waals surface area contributed by atoms with Gasteiger partial charge in [0.15, 0.2) is 5.76 Å². The summed E-state index contributed by atoms with van der Waals surface area (Å²) in [6.07, 6.45) is 5.13. The van der Waals surface area contributed by atoms with E-state index in [0.29, 0.717) is 18.2 Å². The topological polar surface area (TPSA) is 72.4 Å². The summed E-state index contributed by atoms with van der Waals surface area (Å²) in [7, 11) is 0. The van der Waals surface area contributed by atoms with E-state index in [1.165, 1.54) is 5.56 Å². The van der Waals surface area contributed by atoms with Gasteiger partial charge in [-0.2, -0.15) is 10.2 Å². The van der Waals surface area contributed by atoms with E-state index in [9.17, 15) is 4.79 Å². The zero-order valence-electron chi connectivity index (χ0n) is 14.2. The number of carbonyl (C=O) groups is 1. The van der Waals surface area contributed by atoms with E-state index in [4.69, 9.17) is 4.42 Å². The third-order valence-electron chi connectivity index (χ3n) is 3.75.